The third-order valence-corrected chi connectivity index (χ3v) is 9.05. The molecule has 0 radical (unpaired) electrons. The van der Waals surface area contributed by atoms with E-state index in [1.54, 1.807) is 6.20 Å². The van der Waals surface area contributed by atoms with Gasteiger partial charge in [0, 0.05) is 57.0 Å². The van der Waals surface area contributed by atoms with Crippen molar-refractivity contribution in [1.29, 1.82) is 0 Å². The molecule has 6 aromatic carbocycles. The number of hydrogen-bond donors (Lipinski definition) is 0. The van der Waals surface area contributed by atoms with Crippen molar-refractivity contribution in [3.8, 4) is 56.7 Å². The highest BCUT2D eigenvalue weighted by atomic mass is 16.4. The van der Waals surface area contributed by atoms with E-state index in [2.05, 4.69) is 41.4 Å². The molecule has 10 rings (SSSR count). The standard InChI is InChI=1S/C43H25N5O2/c1-3-11-26(12-4-1)40-46-41(27-13-5-2-6-14-27)48-42(47-40)29-21-28(24-44-25-29)30-19-20-34(32-16-8-7-15-31(30)32)43-45-36-23-38-35(22-39(36)50-43)33-17-9-10-18-37(33)49-38/h1-25H. The van der Waals surface area contributed by atoms with Crippen LogP contribution in [0.5, 0.6) is 0 Å². The number of furan rings is 1. The Bertz CT molecular complexity index is 2820. The summed E-state index contributed by atoms with van der Waals surface area (Å²) in [6.07, 6.45) is 3.68. The Morgan fingerprint density at radius 1 is 0.360 bits per heavy atom. The Balaban J connectivity index is 1.08. The molecular weight excluding hydrogens is 619 g/mol. The molecule has 0 aliphatic heterocycles. The van der Waals surface area contributed by atoms with Gasteiger partial charge in [0.25, 0.3) is 0 Å². The van der Waals surface area contributed by atoms with E-state index in [-0.39, 0.29) is 0 Å². The predicted molar refractivity (Wildman–Crippen MR) is 197 cm³/mol. The van der Waals surface area contributed by atoms with Crippen LogP contribution in [0.15, 0.2) is 161 Å². The lowest BCUT2D eigenvalue weighted by Gasteiger charge is -2.12. The number of oxazole rings is 1. The highest BCUT2D eigenvalue weighted by Gasteiger charge is 2.18. The van der Waals surface area contributed by atoms with Crippen LogP contribution in [0.2, 0.25) is 0 Å². The van der Waals surface area contributed by atoms with E-state index in [1.165, 1.54) is 0 Å². The molecule has 0 saturated heterocycles. The summed E-state index contributed by atoms with van der Waals surface area (Å²) in [6.45, 7) is 0. The van der Waals surface area contributed by atoms with Crippen LogP contribution in [0.1, 0.15) is 0 Å². The second kappa shape index (κ2) is 11.3. The van der Waals surface area contributed by atoms with Crippen LogP contribution in [0.4, 0.5) is 0 Å². The Morgan fingerprint density at radius 3 is 1.66 bits per heavy atom. The van der Waals surface area contributed by atoms with Crippen molar-refractivity contribution in [3.63, 3.8) is 0 Å². The van der Waals surface area contributed by atoms with Gasteiger partial charge in [0.05, 0.1) is 0 Å². The van der Waals surface area contributed by atoms with Gasteiger partial charge >= 0.3 is 0 Å². The topological polar surface area (TPSA) is 90.7 Å². The Labute approximate surface area is 285 Å². The first-order valence-corrected chi connectivity index (χ1v) is 16.3. The SMILES string of the molecule is c1ccc(-c2nc(-c3ccccc3)nc(-c3cncc(-c4ccc(-c5nc6cc7oc8ccccc8c7cc6o5)c5ccccc45)c3)n2)cc1. The van der Waals surface area contributed by atoms with Gasteiger partial charge in [-0.1, -0.05) is 109 Å². The molecule has 0 amide bonds. The van der Waals surface area contributed by atoms with Gasteiger partial charge in [-0.3, -0.25) is 4.98 Å². The fourth-order valence-electron chi connectivity index (χ4n) is 6.65. The molecule has 4 heterocycles. The van der Waals surface area contributed by atoms with Crippen molar-refractivity contribution >= 4 is 43.8 Å². The van der Waals surface area contributed by atoms with Crippen LogP contribution in [0.25, 0.3) is 101 Å². The third kappa shape index (κ3) is 4.71. The Morgan fingerprint density at radius 2 is 0.940 bits per heavy atom. The molecule has 0 aliphatic carbocycles. The van der Waals surface area contributed by atoms with Gasteiger partial charge in [-0.05, 0) is 40.6 Å². The smallest absolute Gasteiger partial charge is 0.227 e. The van der Waals surface area contributed by atoms with Crippen molar-refractivity contribution < 1.29 is 8.83 Å². The summed E-state index contributed by atoms with van der Waals surface area (Å²) in [5.74, 6) is 2.32. The normalized spacial score (nSPS) is 11.6. The minimum Gasteiger partial charge on any atom is -0.456 e. The van der Waals surface area contributed by atoms with E-state index in [0.717, 1.165) is 71.6 Å². The first-order valence-electron chi connectivity index (χ1n) is 16.3. The molecular formula is C43H25N5O2. The van der Waals surface area contributed by atoms with Crippen LogP contribution in [0, 0.1) is 0 Å². The highest BCUT2D eigenvalue weighted by molar-refractivity contribution is 6.09. The molecule has 0 saturated carbocycles. The summed E-state index contributed by atoms with van der Waals surface area (Å²) in [4.78, 5) is 24.2. The van der Waals surface area contributed by atoms with E-state index >= 15 is 0 Å². The van der Waals surface area contributed by atoms with Crippen LogP contribution in [-0.2, 0) is 0 Å². The summed E-state index contributed by atoms with van der Waals surface area (Å²) < 4.78 is 12.5. The van der Waals surface area contributed by atoms with Gasteiger partial charge in [-0.15, -0.1) is 0 Å². The minimum atomic E-state index is 0.554. The lowest BCUT2D eigenvalue weighted by molar-refractivity contribution is 0.621. The molecule has 7 nitrogen and oxygen atoms in total. The number of nitrogens with zero attached hydrogens (tertiary/aromatic N) is 5. The maximum absolute atomic E-state index is 6.42. The van der Waals surface area contributed by atoms with Crippen LogP contribution >= 0.6 is 0 Å². The van der Waals surface area contributed by atoms with E-state index < -0.39 is 0 Å². The van der Waals surface area contributed by atoms with E-state index in [1.807, 2.05) is 109 Å². The van der Waals surface area contributed by atoms with E-state index in [0.29, 0.717) is 28.9 Å². The number of para-hydroxylation sites is 1. The van der Waals surface area contributed by atoms with Crippen LogP contribution in [0.3, 0.4) is 0 Å². The first kappa shape index (κ1) is 28.1. The number of benzene rings is 6. The van der Waals surface area contributed by atoms with Crippen molar-refractivity contribution in [2.45, 2.75) is 0 Å². The lowest BCUT2D eigenvalue weighted by atomic mass is 9.95. The molecule has 0 N–H and O–H groups in total. The van der Waals surface area contributed by atoms with Gasteiger partial charge < -0.3 is 8.83 Å². The van der Waals surface area contributed by atoms with Gasteiger partial charge in [0.15, 0.2) is 23.1 Å². The number of fused-ring (bicyclic) bond motifs is 5. The molecule has 0 spiro atoms. The van der Waals surface area contributed by atoms with Gasteiger partial charge in [0.2, 0.25) is 5.89 Å². The first-order chi connectivity index (χ1) is 24.7. The van der Waals surface area contributed by atoms with Crippen molar-refractivity contribution in [2.24, 2.45) is 0 Å². The Kier molecular flexibility index (Phi) is 6.35. The fraction of sp³-hybridized carbons (Fsp3) is 0. The van der Waals surface area contributed by atoms with Crippen LogP contribution in [-0.4, -0.2) is 24.9 Å². The zero-order chi connectivity index (χ0) is 33.0. The number of hydrogen-bond acceptors (Lipinski definition) is 7. The number of aromatic nitrogens is 5. The quantitative estimate of drug-likeness (QED) is 0.184. The molecule has 0 bridgehead atoms. The summed E-state index contributed by atoms with van der Waals surface area (Å²) in [5.41, 5.74) is 8.60. The maximum Gasteiger partial charge on any atom is 0.227 e. The maximum atomic E-state index is 6.42. The van der Waals surface area contributed by atoms with Crippen molar-refractivity contribution in [1.82, 2.24) is 24.9 Å². The van der Waals surface area contributed by atoms with Crippen molar-refractivity contribution in [3.05, 3.63) is 152 Å². The lowest BCUT2D eigenvalue weighted by Crippen LogP contribution is -2.00. The largest absolute Gasteiger partial charge is 0.456 e. The number of rotatable bonds is 5. The molecule has 7 heteroatoms. The van der Waals surface area contributed by atoms with Gasteiger partial charge in [-0.2, -0.15) is 0 Å². The minimum absolute atomic E-state index is 0.554. The molecule has 0 atom stereocenters. The second-order valence-electron chi connectivity index (χ2n) is 12.1. The molecule has 0 fully saturated rings. The van der Waals surface area contributed by atoms with Gasteiger partial charge in [0.1, 0.15) is 16.7 Å². The molecule has 234 valence electrons. The molecule has 4 aromatic heterocycles. The predicted octanol–water partition coefficient (Wildman–Crippen LogP) is 10.8. The van der Waals surface area contributed by atoms with Crippen molar-refractivity contribution in [2.75, 3.05) is 0 Å². The summed E-state index contributed by atoms with van der Waals surface area (Å²) >= 11 is 0. The molecule has 50 heavy (non-hydrogen) atoms. The monoisotopic (exact) mass is 643 g/mol. The zero-order valence-corrected chi connectivity index (χ0v) is 26.5. The van der Waals surface area contributed by atoms with E-state index in [9.17, 15) is 0 Å². The highest BCUT2D eigenvalue weighted by Crippen LogP contribution is 2.39. The average molecular weight is 644 g/mol. The van der Waals surface area contributed by atoms with Crippen LogP contribution < -0.4 is 0 Å². The fourth-order valence-corrected chi connectivity index (χ4v) is 6.65. The van der Waals surface area contributed by atoms with E-state index in [4.69, 9.17) is 28.8 Å². The molecule has 0 aliphatic rings. The molecule has 10 aromatic rings. The average Bonchev–Trinajstić information content (AvgIpc) is 3.77. The Hall–Kier alpha value is -6.99. The third-order valence-electron chi connectivity index (χ3n) is 9.05. The number of pyridine rings is 1. The second-order valence-corrected chi connectivity index (χ2v) is 12.1. The van der Waals surface area contributed by atoms with Gasteiger partial charge in [-0.25, -0.2) is 19.9 Å². The molecule has 0 unspecified atom stereocenters. The zero-order valence-electron chi connectivity index (χ0n) is 26.5. The summed E-state index contributed by atoms with van der Waals surface area (Å²) in [7, 11) is 0. The summed E-state index contributed by atoms with van der Waals surface area (Å²) in [6, 6.07) is 46.5. The summed E-state index contributed by atoms with van der Waals surface area (Å²) in [5, 5.41) is 4.14.